The van der Waals surface area contributed by atoms with Crippen LogP contribution >= 0.6 is 0 Å². The van der Waals surface area contributed by atoms with Gasteiger partial charge in [0.15, 0.2) is 24.7 Å². The van der Waals surface area contributed by atoms with Crippen molar-refractivity contribution in [2.45, 2.75) is 203 Å². The largest absolute Gasteiger partial charge is 0.388 e. The van der Waals surface area contributed by atoms with Crippen LogP contribution in [0.5, 0.6) is 0 Å². The Morgan fingerprint density at radius 3 is 2.13 bits per heavy atom. The minimum Gasteiger partial charge on any atom is -0.388 e. The van der Waals surface area contributed by atoms with Gasteiger partial charge >= 0.3 is 0 Å². The highest BCUT2D eigenvalue weighted by Gasteiger charge is 2.69. The molecule has 8 N–H and O–H groups in total. The maximum atomic E-state index is 11.6. The minimum absolute atomic E-state index is 0.126. The molecule has 5 aliphatic heterocycles. The number of aliphatic hydroxyl groups excluding tert-OH is 8. The van der Waals surface area contributed by atoms with Crippen molar-refractivity contribution in [1.29, 1.82) is 0 Å². The Balaban J connectivity index is 0.878. The molecule has 1 spiro atoms. The molecule has 0 aromatic rings. The normalized spacial score (nSPS) is 59.2. The Morgan fingerprint density at radius 1 is 0.633 bits per heavy atom. The molecule has 344 valence electrons. The Morgan fingerprint density at radius 2 is 1.38 bits per heavy atom. The van der Waals surface area contributed by atoms with E-state index in [-0.39, 0.29) is 36.3 Å². The third kappa shape index (κ3) is 7.36. The first-order valence-corrected chi connectivity index (χ1v) is 23.1. The summed E-state index contributed by atoms with van der Waals surface area (Å²) in [6, 6.07) is 0. The molecule has 60 heavy (non-hydrogen) atoms. The minimum atomic E-state index is -1.66. The van der Waals surface area contributed by atoms with Gasteiger partial charge in [-0.25, -0.2) is 0 Å². The fraction of sp³-hybridized carbons (Fsp3) is 1.00. The molecule has 9 rings (SSSR count). The van der Waals surface area contributed by atoms with Crippen LogP contribution in [0.2, 0.25) is 0 Å². The van der Waals surface area contributed by atoms with Crippen molar-refractivity contribution < 1.29 is 78.7 Å². The van der Waals surface area contributed by atoms with Gasteiger partial charge in [0, 0.05) is 12.3 Å². The first-order chi connectivity index (χ1) is 28.5. The average Bonchev–Trinajstić information content (AvgIpc) is 3.67. The molecule has 5 heterocycles. The van der Waals surface area contributed by atoms with Gasteiger partial charge in [-0.15, -0.1) is 0 Å². The molecule has 0 unspecified atom stereocenters. The lowest BCUT2D eigenvalue weighted by atomic mass is 9.44. The summed E-state index contributed by atoms with van der Waals surface area (Å²) in [5.41, 5.74) is 0.356. The summed E-state index contributed by atoms with van der Waals surface area (Å²) >= 11 is 0. The highest BCUT2D eigenvalue weighted by Crippen LogP contribution is 2.71. The molecule has 4 saturated carbocycles. The standard InChI is InChI=1S/C44H72O16/c1-19-8-13-44(55-16-19)20(2)30-28(60-44)15-26-24-7-6-22-14-23(9-11-42(22,4)25(24)10-12-43(26,30)5)57-41-38(59-40-36(51)32(47)27(45)17-53-40)35(50)33(48)29(58-41)18-54-39-37(52)34(49)31(46)21(3)56-39/h19-41,45-52H,6-18H2,1-5H3/t19-,20-,21+,22+,23-,24+,25-,26-,27+,28-,29+,30-,31+,32+,33+,34-,35-,36-,37-,38+,39-,40+,41+,42-,43-,44+/m0/s1. The molecule has 26 atom stereocenters. The zero-order valence-electron chi connectivity index (χ0n) is 35.8. The SMILES string of the molecule is C[C@H]1CC[C@@]2(OC1)O[C@H]1C[C@H]3[C@@H]4CC[C@@H]5C[C@@H](O[C@@H]6O[C@H](CO[C@H]7O[C@H](C)[C@@H](O)[C@H](O)[C@@H]7O)[C@@H](O)[C@H](O)[C@H]6O[C@H]6OC[C@@H](O)[C@@H](O)[C@@H]6O)CC[C@]5(C)[C@H]4CC[C@]3(C)[C@H]1[C@@H]2C. The molecule has 0 aromatic carbocycles. The molecule has 16 nitrogen and oxygen atoms in total. The number of ether oxygens (including phenoxy) is 8. The van der Waals surface area contributed by atoms with Crippen molar-refractivity contribution in [3.05, 3.63) is 0 Å². The maximum absolute atomic E-state index is 11.6. The molecule has 0 aromatic heterocycles. The average molecular weight is 857 g/mol. The second-order valence-corrected chi connectivity index (χ2v) is 21.1. The lowest BCUT2D eigenvalue weighted by Gasteiger charge is -2.61. The summed E-state index contributed by atoms with van der Waals surface area (Å²) in [6.07, 6.45) is -9.45. The molecule has 0 radical (unpaired) electrons. The van der Waals surface area contributed by atoms with E-state index >= 15 is 0 Å². The van der Waals surface area contributed by atoms with Crippen molar-refractivity contribution in [2.75, 3.05) is 19.8 Å². The predicted molar refractivity (Wildman–Crippen MR) is 208 cm³/mol. The second kappa shape index (κ2) is 16.7. The van der Waals surface area contributed by atoms with Gasteiger partial charge in [0.2, 0.25) is 0 Å². The van der Waals surface area contributed by atoms with Gasteiger partial charge in [-0.1, -0.05) is 27.7 Å². The summed E-state index contributed by atoms with van der Waals surface area (Å²) < 4.78 is 49.5. The fourth-order valence-electron chi connectivity index (χ4n) is 14.2. The van der Waals surface area contributed by atoms with E-state index in [0.29, 0.717) is 41.4 Å². The quantitative estimate of drug-likeness (QED) is 0.166. The fourth-order valence-corrected chi connectivity index (χ4v) is 14.2. The zero-order chi connectivity index (χ0) is 42.6. The summed E-state index contributed by atoms with van der Waals surface area (Å²) in [5.74, 6) is 3.29. The number of rotatable bonds is 7. The van der Waals surface area contributed by atoms with Crippen LogP contribution in [0.1, 0.15) is 98.8 Å². The summed E-state index contributed by atoms with van der Waals surface area (Å²) in [5, 5.41) is 84.9. The van der Waals surface area contributed by atoms with Gasteiger partial charge in [0.25, 0.3) is 0 Å². The van der Waals surface area contributed by atoms with Gasteiger partial charge in [-0.3, -0.25) is 0 Å². The lowest BCUT2D eigenvalue weighted by Crippen LogP contribution is -2.64. The van der Waals surface area contributed by atoms with Crippen molar-refractivity contribution in [1.82, 2.24) is 0 Å². The van der Waals surface area contributed by atoms with Crippen LogP contribution in [0, 0.1) is 52.3 Å². The van der Waals surface area contributed by atoms with Crippen molar-refractivity contribution in [3.63, 3.8) is 0 Å². The van der Waals surface area contributed by atoms with Crippen LogP contribution in [-0.2, 0) is 37.9 Å². The van der Waals surface area contributed by atoms with E-state index in [1.165, 1.54) is 19.8 Å². The smallest absolute Gasteiger partial charge is 0.187 e. The van der Waals surface area contributed by atoms with E-state index in [0.717, 1.165) is 58.0 Å². The molecule has 9 fully saturated rings. The van der Waals surface area contributed by atoms with Crippen LogP contribution in [0.4, 0.5) is 0 Å². The third-order valence-electron chi connectivity index (χ3n) is 17.8. The first kappa shape index (κ1) is 44.6. The van der Waals surface area contributed by atoms with Gasteiger partial charge in [-0.05, 0) is 111 Å². The second-order valence-electron chi connectivity index (χ2n) is 21.1. The van der Waals surface area contributed by atoms with E-state index in [4.69, 9.17) is 37.9 Å². The molecule has 0 bridgehead atoms. The van der Waals surface area contributed by atoms with Crippen molar-refractivity contribution in [2.24, 2.45) is 52.3 Å². The van der Waals surface area contributed by atoms with Crippen LogP contribution < -0.4 is 0 Å². The van der Waals surface area contributed by atoms with Gasteiger partial charge in [-0.2, -0.15) is 0 Å². The first-order valence-electron chi connectivity index (χ1n) is 23.1. The molecular weight excluding hydrogens is 784 g/mol. The van der Waals surface area contributed by atoms with E-state index in [1.54, 1.807) is 0 Å². The third-order valence-corrected chi connectivity index (χ3v) is 17.8. The van der Waals surface area contributed by atoms with Gasteiger partial charge in [0.05, 0.1) is 38.1 Å². The number of hydrogen-bond donors (Lipinski definition) is 8. The molecule has 4 aliphatic carbocycles. The van der Waals surface area contributed by atoms with E-state index in [1.807, 2.05) is 0 Å². The topological polar surface area (TPSA) is 236 Å². The Labute approximate surface area is 353 Å². The monoisotopic (exact) mass is 856 g/mol. The molecule has 9 aliphatic rings. The van der Waals surface area contributed by atoms with Crippen LogP contribution in [0.15, 0.2) is 0 Å². The van der Waals surface area contributed by atoms with Crippen LogP contribution in [-0.4, -0.2) is 165 Å². The Kier molecular flexibility index (Phi) is 12.4. The molecular formula is C44H72O16. The van der Waals surface area contributed by atoms with Crippen molar-refractivity contribution in [3.8, 4) is 0 Å². The van der Waals surface area contributed by atoms with E-state index in [2.05, 4.69) is 27.7 Å². The van der Waals surface area contributed by atoms with Crippen LogP contribution in [0.25, 0.3) is 0 Å². The number of aliphatic hydroxyl groups is 8. The van der Waals surface area contributed by atoms with E-state index < -0.39 is 91.8 Å². The van der Waals surface area contributed by atoms with E-state index in [9.17, 15) is 40.9 Å². The lowest BCUT2D eigenvalue weighted by molar-refractivity contribution is -0.370. The summed E-state index contributed by atoms with van der Waals surface area (Å²) in [4.78, 5) is 0. The highest BCUT2D eigenvalue weighted by molar-refractivity contribution is 5.15. The van der Waals surface area contributed by atoms with Gasteiger partial charge in [0.1, 0.15) is 61.0 Å². The predicted octanol–water partition coefficient (Wildman–Crippen LogP) is 0.933. The number of fused-ring (bicyclic) bond motifs is 7. The van der Waals surface area contributed by atoms with Gasteiger partial charge < -0.3 is 78.7 Å². The zero-order valence-corrected chi connectivity index (χ0v) is 35.8. The summed E-state index contributed by atoms with van der Waals surface area (Å²) in [7, 11) is 0. The van der Waals surface area contributed by atoms with Crippen LogP contribution in [0.3, 0.4) is 0 Å². The molecule has 16 heteroatoms. The molecule has 0 amide bonds. The Bertz CT molecular complexity index is 1500. The highest BCUT2D eigenvalue weighted by atomic mass is 16.8. The number of hydrogen-bond acceptors (Lipinski definition) is 16. The maximum Gasteiger partial charge on any atom is 0.187 e. The summed E-state index contributed by atoms with van der Waals surface area (Å²) in [6.45, 7) is 11.3. The Hall–Kier alpha value is -0.640. The van der Waals surface area contributed by atoms with Crippen molar-refractivity contribution >= 4 is 0 Å². The molecule has 5 saturated heterocycles.